The molecular formula is C15H18O2. The molecule has 1 rings (SSSR count). The number of carbonyl (C=O) groups is 1. The minimum absolute atomic E-state index is 0.235. The Hall–Kier alpha value is -1.83. The third-order valence-electron chi connectivity index (χ3n) is 2.44. The zero-order valence-electron chi connectivity index (χ0n) is 10.2. The summed E-state index contributed by atoms with van der Waals surface area (Å²) in [6, 6.07) is 8.98. The summed E-state index contributed by atoms with van der Waals surface area (Å²) in [5.74, 6) is -0.303. The van der Waals surface area contributed by atoms with E-state index in [1.54, 1.807) is 12.1 Å². The predicted molar refractivity (Wildman–Crippen MR) is 69.9 cm³/mol. The second kappa shape index (κ2) is 6.69. The summed E-state index contributed by atoms with van der Waals surface area (Å²) >= 11 is 0. The van der Waals surface area contributed by atoms with Crippen molar-refractivity contribution in [3.8, 4) is 0 Å². The van der Waals surface area contributed by atoms with Gasteiger partial charge in [-0.15, -0.1) is 6.58 Å². The van der Waals surface area contributed by atoms with Gasteiger partial charge in [0.15, 0.2) is 0 Å². The molecule has 1 aromatic carbocycles. The van der Waals surface area contributed by atoms with Crippen LogP contribution in [0.4, 0.5) is 0 Å². The van der Waals surface area contributed by atoms with Crippen LogP contribution in [0.2, 0.25) is 0 Å². The Morgan fingerprint density at radius 2 is 2.06 bits per heavy atom. The molecule has 0 saturated heterocycles. The zero-order valence-corrected chi connectivity index (χ0v) is 10.2. The van der Waals surface area contributed by atoms with Crippen LogP contribution < -0.4 is 0 Å². The van der Waals surface area contributed by atoms with Crippen LogP contribution in [0.15, 0.2) is 55.1 Å². The van der Waals surface area contributed by atoms with Gasteiger partial charge in [-0.05, 0) is 37.5 Å². The van der Waals surface area contributed by atoms with Gasteiger partial charge in [-0.25, -0.2) is 4.79 Å². The molecule has 1 aromatic rings. The van der Waals surface area contributed by atoms with E-state index in [0.717, 1.165) is 18.4 Å². The standard InChI is InChI=1S/C15H18O2/c1-4-5-11-14(12(2)3)17-15(16)13-9-7-6-8-10-13/h4,6-10,14H,1-2,5,11H2,3H3. The molecule has 17 heavy (non-hydrogen) atoms. The van der Waals surface area contributed by atoms with Crippen LogP contribution in [0, 0.1) is 0 Å². The van der Waals surface area contributed by atoms with Crippen molar-refractivity contribution >= 4 is 5.97 Å². The van der Waals surface area contributed by atoms with E-state index in [-0.39, 0.29) is 12.1 Å². The van der Waals surface area contributed by atoms with Gasteiger partial charge in [-0.1, -0.05) is 30.9 Å². The zero-order chi connectivity index (χ0) is 12.7. The first-order chi connectivity index (χ1) is 8.15. The third-order valence-corrected chi connectivity index (χ3v) is 2.44. The van der Waals surface area contributed by atoms with Gasteiger partial charge in [-0.2, -0.15) is 0 Å². The van der Waals surface area contributed by atoms with Crippen LogP contribution in [0.3, 0.4) is 0 Å². The van der Waals surface area contributed by atoms with E-state index in [4.69, 9.17) is 4.74 Å². The fourth-order valence-corrected chi connectivity index (χ4v) is 1.45. The number of benzene rings is 1. The molecule has 0 aliphatic rings. The lowest BCUT2D eigenvalue weighted by Gasteiger charge is -2.17. The first-order valence-electron chi connectivity index (χ1n) is 5.67. The number of ether oxygens (including phenoxy) is 1. The smallest absolute Gasteiger partial charge is 0.338 e. The molecule has 0 aliphatic carbocycles. The van der Waals surface area contributed by atoms with Gasteiger partial charge in [0.1, 0.15) is 6.10 Å². The van der Waals surface area contributed by atoms with Crippen molar-refractivity contribution in [3.63, 3.8) is 0 Å². The van der Waals surface area contributed by atoms with Crippen molar-refractivity contribution in [2.24, 2.45) is 0 Å². The van der Waals surface area contributed by atoms with Crippen LogP contribution in [-0.2, 0) is 4.74 Å². The van der Waals surface area contributed by atoms with Crippen LogP contribution >= 0.6 is 0 Å². The van der Waals surface area contributed by atoms with Gasteiger partial charge in [0.25, 0.3) is 0 Å². The summed E-state index contributed by atoms with van der Waals surface area (Å²) in [5.41, 5.74) is 1.42. The second-order valence-corrected chi connectivity index (χ2v) is 3.97. The highest BCUT2D eigenvalue weighted by Crippen LogP contribution is 2.14. The van der Waals surface area contributed by atoms with Crippen molar-refractivity contribution in [1.82, 2.24) is 0 Å². The number of rotatable bonds is 6. The molecule has 2 heteroatoms. The monoisotopic (exact) mass is 230 g/mol. The second-order valence-electron chi connectivity index (χ2n) is 3.97. The largest absolute Gasteiger partial charge is 0.454 e. The van der Waals surface area contributed by atoms with E-state index in [0.29, 0.717) is 5.56 Å². The fourth-order valence-electron chi connectivity index (χ4n) is 1.45. The molecule has 0 N–H and O–H groups in total. The van der Waals surface area contributed by atoms with Gasteiger partial charge < -0.3 is 4.74 Å². The topological polar surface area (TPSA) is 26.3 Å². The Bertz CT molecular complexity index is 393. The van der Waals surface area contributed by atoms with Crippen LogP contribution in [0.1, 0.15) is 30.1 Å². The van der Waals surface area contributed by atoms with E-state index in [1.807, 2.05) is 31.2 Å². The summed E-state index contributed by atoms with van der Waals surface area (Å²) in [4.78, 5) is 11.8. The van der Waals surface area contributed by atoms with Gasteiger partial charge in [0, 0.05) is 0 Å². The van der Waals surface area contributed by atoms with E-state index in [1.165, 1.54) is 0 Å². The summed E-state index contributed by atoms with van der Waals surface area (Å²) in [6.45, 7) is 9.37. The average Bonchev–Trinajstić information content (AvgIpc) is 2.35. The van der Waals surface area contributed by atoms with Crippen molar-refractivity contribution in [3.05, 3.63) is 60.7 Å². The minimum atomic E-state index is -0.303. The molecule has 90 valence electrons. The Morgan fingerprint density at radius 3 is 2.59 bits per heavy atom. The van der Waals surface area contributed by atoms with E-state index in [2.05, 4.69) is 13.2 Å². The van der Waals surface area contributed by atoms with Crippen LogP contribution in [0.25, 0.3) is 0 Å². The molecule has 0 aromatic heterocycles. The molecule has 0 heterocycles. The normalized spacial score (nSPS) is 11.6. The molecule has 0 fully saturated rings. The lowest BCUT2D eigenvalue weighted by atomic mass is 10.1. The molecular weight excluding hydrogens is 212 g/mol. The Kier molecular flexibility index (Phi) is 5.21. The van der Waals surface area contributed by atoms with Gasteiger partial charge in [0.2, 0.25) is 0 Å². The predicted octanol–water partition coefficient (Wildman–Crippen LogP) is 3.75. The van der Waals surface area contributed by atoms with E-state index >= 15 is 0 Å². The maximum atomic E-state index is 11.8. The third kappa shape index (κ3) is 4.27. The minimum Gasteiger partial charge on any atom is -0.454 e. The van der Waals surface area contributed by atoms with E-state index < -0.39 is 0 Å². The Morgan fingerprint density at radius 1 is 1.41 bits per heavy atom. The summed E-state index contributed by atoms with van der Waals surface area (Å²) in [6.07, 6.45) is 3.12. The first kappa shape index (κ1) is 13.2. The molecule has 1 atom stereocenters. The maximum Gasteiger partial charge on any atom is 0.338 e. The summed E-state index contributed by atoms with van der Waals surface area (Å²) < 4.78 is 5.41. The molecule has 0 bridgehead atoms. The molecule has 0 radical (unpaired) electrons. The molecule has 1 unspecified atom stereocenters. The molecule has 2 nitrogen and oxygen atoms in total. The van der Waals surface area contributed by atoms with Crippen molar-refractivity contribution in [2.45, 2.75) is 25.9 Å². The maximum absolute atomic E-state index is 11.8. The lowest BCUT2D eigenvalue weighted by molar-refractivity contribution is 0.0361. The highest BCUT2D eigenvalue weighted by Gasteiger charge is 2.15. The molecule has 0 spiro atoms. The van der Waals surface area contributed by atoms with Crippen molar-refractivity contribution in [1.29, 1.82) is 0 Å². The highest BCUT2D eigenvalue weighted by molar-refractivity contribution is 5.89. The fraction of sp³-hybridized carbons (Fsp3) is 0.267. The quantitative estimate of drug-likeness (QED) is 0.549. The molecule has 0 saturated carbocycles. The van der Waals surface area contributed by atoms with E-state index in [9.17, 15) is 4.79 Å². The number of esters is 1. The lowest BCUT2D eigenvalue weighted by Crippen LogP contribution is -2.19. The van der Waals surface area contributed by atoms with Gasteiger partial charge in [0.05, 0.1) is 5.56 Å². The SMILES string of the molecule is C=CCCC(OC(=O)c1ccccc1)C(=C)C. The molecule has 0 aliphatic heterocycles. The average molecular weight is 230 g/mol. The van der Waals surface area contributed by atoms with Gasteiger partial charge >= 0.3 is 5.97 Å². The number of carbonyl (C=O) groups excluding carboxylic acids is 1. The van der Waals surface area contributed by atoms with Crippen molar-refractivity contribution < 1.29 is 9.53 Å². The van der Waals surface area contributed by atoms with Crippen LogP contribution in [0.5, 0.6) is 0 Å². The summed E-state index contributed by atoms with van der Waals surface area (Å²) in [5, 5.41) is 0. The number of allylic oxidation sites excluding steroid dienone is 1. The number of hydrogen-bond acceptors (Lipinski definition) is 2. The molecule has 0 amide bonds. The Balaban J connectivity index is 2.64. The van der Waals surface area contributed by atoms with Gasteiger partial charge in [-0.3, -0.25) is 0 Å². The summed E-state index contributed by atoms with van der Waals surface area (Å²) in [7, 11) is 0. The Labute approximate surface area is 103 Å². The van der Waals surface area contributed by atoms with Crippen molar-refractivity contribution in [2.75, 3.05) is 0 Å². The highest BCUT2D eigenvalue weighted by atomic mass is 16.5. The number of hydrogen-bond donors (Lipinski definition) is 0. The van der Waals surface area contributed by atoms with Crippen LogP contribution in [-0.4, -0.2) is 12.1 Å². The first-order valence-corrected chi connectivity index (χ1v) is 5.67.